The Morgan fingerprint density at radius 1 is 1.13 bits per heavy atom. The SMILES string of the molecule is CNC(=O)[C@H](CC(C)C)NC(=O)Nc1ccc(C(F)(F)F)cc1. The van der Waals surface area contributed by atoms with Crippen LogP contribution in [0.25, 0.3) is 0 Å². The quantitative estimate of drug-likeness (QED) is 0.776. The van der Waals surface area contributed by atoms with Crippen molar-refractivity contribution < 1.29 is 22.8 Å². The first-order valence-electron chi connectivity index (χ1n) is 7.10. The van der Waals surface area contributed by atoms with Crippen LogP contribution in [0.15, 0.2) is 24.3 Å². The first kappa shape index (κ1) is 18.8. The number of anilines is 1. The molecule has 3 amide bonds. The normalized spacial score (nSPS) is 12.7. The molecule has 0 bridgehead atoms. The lowest BCUT2D eigenvalue weighted by molar-refractivity contribution is -0.137. The number of halogens is 3. The van der Waals surface area contributed by atoms with Gasteiger partial charge in [-0.15, -0.1) is 0 Å². The fourth-order valence-electron chi connectivity index (χ4n) is 1.95. The van der Waals surface area contributed by atoms with Gasteiger partial charge >= 0.3 is 12.2 Å². The standard InChI is InChI=1S/C15H20F3N3O2/c1-9(2)8-12(13(22)19-3)21-14(23)20-11-6-4-10(5-7-11)15(16,17)18/h4-7,9,12H,8H2,1-3H3,(H,19,22)(H2,20,21,23)/t12-/m0/s1. The Hall–Kier alpha value is -2.25. The summed E-state index contributed by atoms with van der Waals surface area (Å²) in [6, 6.07) is 2.69. The van der Waals surface area contributed by atoms with Crippen molar-refractivity contribution in [2.45, 2.75) is 32.5 Å². The van der Waals surface area contributed by atoms with E-state index in [9.17, 15) is 22.8 Å². The summed E-state index contributed by atoms with van der Waals surface area (Å²) in [7, 11) is 1.46. The Morgan fingerprint density at radius 3 is 2.13 bits per heavy atom. The molecule has 0 aromatic heterocycles. The second kappa shape index (κ2) is 7.85. The molecule has 0 aliphatic heterocycles. The molecule has 23 heavy (non-hydrogen) atoms. The third-order valence-electron chi connectivity index (χ3n) is 3.05. The van der Waals surface area contributed by atoms with Crippen LogP contribution in [-0.2, 0) is 11.0 Å². The number of rotatable bonds is 5. The topological polar surface area (TPSA) is 70.2 Å². The summed E-state index contributed by atoms with van der Waals surface area (Å²) < 4.78 is 37.4. The zero-order chi connectivity index (χ0) is 17.6. The molecule has 128 valence electrons. The molecule has 5 nitrogen and oxygen atoms in total. The number of carbonyl (C=O) groups excluding carboxylic acids is 2. The van der Waals surface area contributed by atoms with Crippen LogP contribution in [0.5, 0.6) is 0 Å². The summed E-state index contributed by atoms with van der Waals surface area (Å²) in [5.74, 6) is -0.148. The lowest BCUT2D eigenvalue weighted by atomic mass is 10.0. The molecule has 0 aliphatic rings. The summed E-state index contributed by atoms with van der Waals surface area (Å²) in [4.78, 5) is 23.6. The largest absolute Gasteiger partial charge is 0.416 e. The van der Waals surface area contributed by atoms with Gasteiger partial charge in [-0.2, -0.15) is 13.2 Å². The highest BCUT2D eigenvalue weighted by Gasteiger charge is 2.30. The van der Waals surface area contributed by atoms with Gasteiger partial charge in [0, 0.05) is 12.7 Å². The van der Waals surface area contributed by atoms with Crippen molar-refractivity contribution >= 4 is 17.6 Å². The van der Waals surface area contributed by atoms with Gasteiger partial charge in [-0.3, -0.25) is 4.79 Å². The molecule has 1 aromatic rings. The van der Waals surface area contributed by atoms with Gasteiger partial charge in [-0.25, -0.2) is 4.79 Å². The van der Waals surface area contributed by atoms with E-state index in [4.69, 9.17) is 0 Å². The van der Waals surface area contributed by atoms with E-state index < -0.39 is 23.8 Å². The number of carbonyl (C=O) groups is 2. The van der Waals surface area contributed by atoms with E-state index in [2.05, 4.69) is 16.0 Å². The van der Waals surface area contributed by atoms with Gasteiger partial charge < -0.3 is 16.0 Å². The van der Waals surface area contributed by atoms with Crippen molar-refractivity contribution in [1.82, 2.24) is 10.6 Å². The number of benzene rings is 1. The molecule has 0 unspecified atom stereocenters. The molecule has 8 heteroatoms. The van der Waals surface area contributed by atoms with Gasteiger partial charge in [0.25, 0.3) is 0 Å². The van der Waals surface area contributed by atoms with Crippen LogP contribution in [-0.4, -0.2) is 25.0 Å². The zero-order valence-corrected chi connectivity index (χ0v) is 13.1. The molecule has 0 spiro atoms. The Kier molecular flexibility index (Phi) is 6.41. The lowest BCUT2D eigenvalue weighted by Gasteiger charge is -2.19. The van der Waals surface area contributed by atoms with Gasteiger partial charge in [0.2, 0.25) is 5.91 Å². The van der Waals surface area contributed by atoms with Crippen molar-refractivity contribution in [3.63, 3.8) is 0 Å². The summed E-state index contributed by atoms with van der Waals surface area (Å²) in [5.41, 5.74) is -0.595. The molecule has 0 radical (unpaired) electrons. The summed E-state index contributed by atoms with van der Waals surface area (Å²) in [5, 5.41) is 7.37. The van der Waals surface area contributed by atoms with Gasteiger partial charge in [0.05, 0.1) is 5.56 Å². The Morgan fingerprint density at radius 2 is 1.70 bits per heavy atom. The van der Waals surface area contributed by atoms with E-state index in [-0.39, 0.29) is 17.5 Å². The highest BCUT2D eigenvalue weighted by molar-refractivity contribution is 5.93. The Bertz CT molecular complexity index is 542. The molecule has 1 rings (SSSR count). The molecular formula is C15H20F3N3O2. The summed E-state index contributed by atoms with van der Waals surface area (Å²) in [6.45, 7) is 3.82. The van der Waals surface area contributed by atoms with Crippen LogP contribution in [0.2, 0.25) is 0 Å². The van der Waals surface area contributed by atoms with E-state index in [1.54, 1.807) is 0 Å². The Balaban J connectivity index is 2.69. The summed E-state index contributed by atoms with van der Waals surface area (Å²) >= 11 is 0. The second-order valence-electron chi connectivity index (χ2n) is 5.47. The average Bonchev–Trinajstić information content (AvgIpc) is 2.44. The van der Waals surface area contributed by atoms with Crippen LogP contribution in [0.1, 0.15) is 25.8 Å². The fourth-order valence-corrected chi connectivity index (χ4v) is 1.95. The third kappa shape index (κ3) is 6.17. The van der Waals surface area contributed by atoms with Gasteiger partial charge in [-0.05, 0) is 36.6 Å². The highest BCUT2D eigenvalue weighted by atomic mass is 19.4. The molecule has 0 fully saturated rings. The summed E-state index contributed by atoms with van der Waals surface area (Å²) in [6.07, 6.45) is -3.98. The van der Waals surface area contributed by atoms with Crippen molar-refractivity contribution in [1.29, 1.82) is 0 Å². The minimum atomic E-state index is -4.43. The molecule has 1 aromatic carbocycles. The monoisotopic (exact) mass is 331 g/mol. The number of hydrogen-bond donors (Lipinski definition) is 3. The van der Waals surface area contributed by atoms with Crippen molar-refractivity contribution in [2.75, 3.05) is 12.4 Å². The molecule has 0 aliphatic carbocycles. The molecular weight excluding hydrogens is 311 g/mol. The number of alkyl halides is 3. The van der Waals surface area contributed by atoms with Crippen LogP contribution < -0.4 is 16.0 Å². The third-order valence-corrected chi connectivity index (χ3v) is 3.05. The van der Waals surface area contributed by atoms with Gasteiger partial charge in [0.1, 0.15) is 6.04 Å². The van der Waals surface area contributed by atoms with Crippen LogP contribution >= 0.6 is 0 Å². The minimum absolute atomic E-state index is 0.184. The number of urea groups is 1. The van der Waals surface area contributed by atoms with Gasteiger partial charge in [-0.1, -0.05) is 13.8 Å². The predicted molar refractivity (Wildman–Crippen MR) is 80.9 cm³/mol. The number of likely N-dealkylation sites (N-methyl/N-ethyl adjacent to an activating group) is 1. The first-order chi connectivity index (χ1) is 10.6. The molecule has 0 heterocycles. The van der Waals surface area contributed by atoms with Crippen LogP contribution in [0.3, 0.4) is 0 Å². The first-order valence-corrected chi connectivity index (χ1v) is 7.10. The molecule has 3 N–H and O–H groups in total. The van der Waals surface area contributed by atoms with E-state index in [0.29, 0.717) is 6.42 Å². The lowest BCUT2D eigenvalue weighted by Crippen LogP contribution is -2.47. The van der Waals surface area contributed by atoms with Crippen molar-refractivity contribution in [2.24, 2.45) is 5.92 Å². The van der Waals surface area contributed by atoms with Crippen LogP contribution in [0.4, 0.5) is 23.7 Å². The highest BCUT2D eigenvalue weighted by Crippen LogP contribution is 2.29. The zero-order valence-electron chi connectivity index (χ0n) is 13.1. The molecule has 1 atom stereocenters. The van der Waals surface area contributed by atoms with E-state index in [1.165, 1.54) is 7.05 Å². The van der Waals surface area contributed by atoms with E-state index in [1.807, 2.05) is 13.8 Å². The Labute approximate surface area is 132 Å². The average molecular weight is 331 g/mol. The molecule has 0 saturated heterocycles. The molecule has 0 saturated carbocycles. The van der Waals surface area contributed by atoms with E-state index >= 15 is 0 Å². The maximum absolute atomic E-state index is 12.5. The minimum Gasteiger partial charge on any atom is -0.357 e. The number of nitrogens with one attached hydrogen (secondary N) is 3. The fraction of sp³-hybridized carbons (Fsp3) is 0.467. The maximum Gasteiger partial charge on any atom is 0.416 e. The van der Waals surface area contributed by atoms with Crippen molar-refractivity contribution in [3.8, 4) is 0 Å². The van der Waals surface area contributed by atoms with Crippen molar-refractivity contribution in [3.05, 3.63) is 29.8 Å². The van der Waals surface area contributed by atoms with Crippen LogP contribution in [0, 0.1) is 5.92 Å². The number of hydrogen-bond acceptors (Lipinski definition) is 2. The maximum atomic E-state index is 12.5. The predicted octanol–water partition coefficient (Wildman–Crippen LogP) is 2.99. The second-order valence-corrected chi connectivity index (χ2v) is 5.47. The smallest absolute Gasteiger partial charge is 0.357 e. The van der Waals surface area contributed by atoms with E-state index in [0.717, 1.165) is 24.3 Å². The van der Waals surface area contributed by atoms with Gasteiger partial charge in [0.15, 0.2) is 0 Å². The number of amides is 3.